The van der Waals surface area contributed by atoms with Gasteiger partial charge in [0.2, 0.25) is 0 Å². The molecule has 0 aliphatic carbocycles. The average molecular weight is 240 g/mol. The number of hydrogen-bond donors (Lipinski definition) is 1. The van der Waals surface area contributed by atoms with E-state index >= 15 is 0 Å². The lowest BCUT2D eigenvalue weighted by Gasteiger charge is -2.07. The molecule has 0 radical (unpaired) electrons. The molecule has 2 heterocycles. The largest absolute Gasteiger partial charge is 0.464 e. The standard InChI is InChI=1S/C10H12N2O3S/c1-2-15-9(14)8(13)5-7-6-12-3-4-16-10(12)11-7/h3-4,6,8,13H,2,5H2,1H3. The second-order valence-corrected chi connectivity index (χ2v) is 4.17. The summed E-state index contributed by atoms with van der Waals surface area (Å²) >= 11 is 1.51. The molecule has 0 aromatic carbocycles. The summed E-state index contributed by atoms with van der Waals surface area (Å²) in [5.74, 6) is -0.598. The van der Waals surface area contributed by atoms with Crippen molar-refractivity contribution in [3.8, 4) is 0 Å². The second kappa shape index (κ2) is 4.63. The van der Waals surface area contributed by atoms with Crippen LogP contribution in [0, 0.1) is 0 Å². The summed E-state index contributed by atoms with van der Waals surface area (Å²) < 4.78 is 6.57. The van der Waals surface area contributed by atoms with Gasteiger partial charge in [-0.05, 0) is 6.92 Å². The Hall–Kier alpha value is -1.40. The maximum atomic E-state index is 11.2. The minimum atomic E-state index is -1.13. The summed E-state index contributed by atoms with van der Waals surface area (Å²) in [5, 5.41) is 11.5. The van der Waals surface area contributed by atoms with Crippen molar-refractivity contribution in [2.24, 2.45) is 0 Å². The SMILES string of the molecule is CCOC(=O)C(O)Cc1cn2ccsc2n1. The first-order valence-electron chi connectivity index (χ1n) is 4.96. The van der Waals surface area contributed by atoms with Crippen LogP contribution in [0.3, 0.4) is 0 Å². The molecule has 0 aliphatic rings. The van der Waals surface area contributed by atoms with Crippen LogP contribution >= 0.6 is 11.3 Å². The number of rotatable bonds is 4. The number of esters is 1. The van der Waals surface area contributed by atoms with E-state index in [1.54, 1.807) is 13.1 Å². The van der Waals surface area contributed by atoms with E-state index in [0.717, 1.165) is 4.96 Å². The van der Waals surface area contributed by atoms with Crippen LogP contribution in [0.15, 0.2) is 17.8 Å². The summed E-state index contributed by atoms with van der Waals surface area (Å²) in [6.45, 7) is 1.98. The van der Waals surface area contributed by atoms with Crippen molar-refractivity contribution in [3.63, 3.8) is 0 Å². The molecule has 0 saturated carbocycles. The van der Waals surface area contributed by atoms with Crippen LogP contribution < -0.4 is 0 Å². The van der Waals surface area contributed by atoms with Crippen molar-refractivity contribution in [2.75, 3.05) is 6.61 Å². The quantitative estimate of drug-likeness (QED) is 0.805. The fourth-order valence-corrected chi connectivity index (χ4v) is 2.11. The fourth-order valence-electron chi connectivity index (χ4n) is 1.39. The van der Waals surface area contributed by atoms with Crippen LogP contribution in [0.25, 0.3) is 4.96 Å². The van der Waals surface area contributed by atoms with E-state index in [-0.39, 0.29) is 13.0 Å². The molecule has 16 heavy (non-hydrogen) atoms. The molecule has 6 heteroatoms. The Labute approximate surface area is 96.3 Å². The number of ether oxygens (including phenoxy) is 1. The molecule has 0 bridgehead atoms. The summed E-state index contributed by atoms with van der Waals surface area (Å²) in [6.07, 6.45) is 2.74. The topological polar surface area (TPSA) is 63.8 Å². The van der Waals surface area contributed by atoms with Crippen molar-refractivity contribution in [1.82, 2.24) is 9.38 Å². The smallest absolute Gasteiger partial charge is 0.335 e. The van der Waals surface area contributed by atoms with Crippen LogP contribution in [0.4, 0.5) is 0 Å². The van der Waals surface area contributed by atoms with Gasteiger partial charge in [0.1, 0.15) is 0 Å². The molecule has 5 nitrogen and oxygen atoms in total. The summed E-state index contributed by atoms with van der Waals surface area (Å²) in [5.41, 5.74) is 0.687. The molecule has 1 N–H and O–H groups in total. The molecule has 2 rings (SSSR count). The molecule has 0 spiro atoms. The highest BCUT2D eigenvalue weighted by molar-refractivity contribution is 7.15. The number of fused-ring (bicyclic) bond motifs is 1. The first-order chi connectivity index (χ1) is 7.70. The van der Waals surface area contributed by atoms with Crippen LogP contribution in [-0.4, -0.2) is 33.2 Å². The number of aromatic nitrogens is 2. The van der Waals surface area contributed by atoms with E-state index in [1.165, 1.54) is 11.3 Å². The summed E-state index contributed by atoms with van der Waals surface area (Å²) in [4.78, 5) is 16.3. The van der Waals surface area contributed by atoms with Gasteiger partial charge in [0.05, 0.1) is 12.3 Å². The molecule has 0 amide bonds. The van der Waals surface area contributed by atoms with E-state index in [0.29, 0.717) is 5.69 Å². The third-order valence-electron chi connectivity index (χ3n) is 2.10. The molecule has 0 fully saturated rings. The van der Waals surface area contributed by atoms with Crippen LogP contribution in [-0.2, 0) is 16.0 Å². The highest BCUT2D eigenvalue weighted by Crippen LogP contribution is 2.12. The molecule has 2 aromatic heterocycles. The Bertz CT molecular complexity index is 462. The lowest BCUT2D eigenvalue weighted by atomic mass is 10.2. The van der Waals surface area contributed by atoms with E-state index in [2.05, 4.69) is 4.98 Å². The van der Waals surface area contributed by atoms with Crippen LogP contribution in [0.5, 0.6) is 0 Å². The zero-order chi connectivity index (χ0) is 11.5. The number of imidazole rings is 1. The molecule has 1 unspecified atom stereocenters. The minimum Gasteiger partial charge on any atom is -0.464 e. The van der Waals surface area contributed by atoms with Gasteiger partial charge in [-0.2, -0.15) is 0 Å². The van der Waals surface area contributed by atoms with Gasteiger partial charge < -0.3 is 9.84 Å². The molecule has 0 aliphatic heterocycles. The molecular formula is C10H12N2O3S. The van der Waals surface area contributed by atoms with Crippen molar-refractivity contribution in [2.45, 2.75) is 19.4 Å². The summed E-state index contributed by atoms with van der Waals surface area (Å²) in [7, 11) is 0. The lowest BCUT2D eigenvalue weighted by molar-refractivity contribution is -0.152. The number of hydrogen-bond acceptors (Lipinski definition) is 5. The molecule has 2 aromatic rings. The lowest BCUT2D eigenvalue weighted by Crippen LogP contribution is -2.25. The van der Waals surface area contributed by atoms with Crippen LogP contribution in [0.1, 0.15) is 12.6 Å². The Morgan fingerprint density at radius 2 is 2.56 bits per heavy atom. The number of carbonyl (C=O) groups excluding carboxylic acids is 1. The van der Waals surface area contributed by atoms with Gasteiger partial charge >= 0.3 is 5.97 Å². The van der Waals surface area contributed by atoms with Crippen molar-refractivity contribution in [3.05, 3.63) is 23.5 Å². The van der Waals surface area contributed by atoms with Crippen molar-refractivity contribution < 1.29 is 14.6 Å². The van der Waals surface area contributed by atoms with Gasteiger partial charge in [0, 0.05) is 24.2 Å². The molecular weight excluding hydrogens is 228 g/mol. The number of nitrogens with zero attached hydrogens (tertiary/aromatic N) is 2. The first-order valence-corrected chi connectivity index (χ1v) is 5.84. The highest BCUT2D eigenvalue weighted by atomic mass is 32.1. The van der Waals surface area contributed by atoms with Gasteiger partial charge in [0.15, 0.2) is 11.1 Å². The van der Waals surface area contributed by atoms with Gasteiger partial charge in [-0.15, -0.1) is 11.3 Å². The third kappa shape index (κ3) is 2.23. The predicted octanol–water partition coefficient (Wildman–Crippen LogP) is 0.862. The van der Waals surface area contributed by atoms with E-state index in [4.69, 9.17) is 4.74 Å². The summed E-state index contributed by atoms with van der Waals surface area (Å²) in [6, 6.07) is 0. The zero-order valence-electron chi connectivity index (χ0n) is 8.79. The van der Waals surface area contributed by atoms with Crippen molar-refractivity contribution >= 4 is 22.3 Å². The number of thiazole rings is 1. The van der Waals surface area contributed by atoms with E-state index in [1.807, 2.05) is 16.0 Å². The number of aliphatic hydroxyl groups is 1. The highest BCUT2D eigenvalue weighted by Gasteiger charge is 2.18. The zero-order valence-corrected chi connectivity index (χ0v) is 9.61. The van der Waals surface area contributed by atoms with E-state index < -0.39 is 12.1 Å². The first kappa shape index (κ1) is 11.1. The predicted molar refractivity (Wildman–Crippen MR) is 59.4 cm³/mol. The monoisotopic (exact) mass is 240 g/mol. The Kier molecular flexibility index (Phi) is 3.21. The van der Waals surface area contributed by atoms with Gasteiger partial charge in [-0.1, -0.05) is 0 Å². The van der Waals surface area contributed by atoms with E-state index in [9.17, 15) is 9.90 Å². The van der Waals surface area contributed by atoms with Gasteiger partial charge in [0.25, 0.3) is 0 Å². The third-order valence-corrected chi connectivity index (χ3v) is 2.88. The maximum absolute atomic E-state index is 11.2. The number of aliphatic hydroxyl groups excluding tert-OH is 1. The molecule has 1 atom stereocenters. The molecule has 86 valence electrons. The maximum Gasteiger partial charge on any atom is 0.335 e. The average Bonchev–Trinajstić information content (AvgIpc) is 2.78. The molecule has 0 saturated heterocycles. The van der Waals surface area contributed by atoms with Crippen LogP contribution in [0.2, 0.25) is 0 Å². The van der Waals surface area contributed by atoms with Gasteiger partial charge in [-0.3, -0.25) is 4.40 Å². The second-order valence-electron chi connectivity index (χ2n) is 3.30. The Balaban J connectivity index is 2.04. The Morgan fingerprint density at radius 3 is 3.25 bits per heavy atom. The normalized spacial score (nSPS) is 12.9. The number of carbonyl (C=O) groups is 1. The fraction of sp³-hybridized carbons (Fsp3) is 0.400. The minimum absolute atomic E-state index is 0.188. The van der Waals surface area contributed by atoms with Gasteiger partial charge in [-0.25, -0.2) is 9.78 Å². The van der Waals surface area contributed by atoms with Crippen molar-refractivity contribution in [1.29, 1.82) is 0 Å². The Morgan fingerprint density at radius 1 is 1.75 bits per heavy atom.